The van der Waals surface area contributed by atoms with Crippen molar-refractivity contribution in [2.24, 2.45) is 17.7 Å². The predicted molar refractivity (Wildman–Crippen MR) is 50.2 cm³/mol. The van der Waals surface area contributed by atoms with Crippen LogP contribution in [0.2, 0.25) is 0 Å². The monoisotopic (exact) mass is 172 g/mol. The Labute approximate surface area is 74.9 Å². The van der Waals surface area contributed by atoms with Gasteiger partial charge in [0.15, 0.2) is 0 Å². The second-order valence-corrected chi connectivity index (χ2v) is 3.87. The molecule has 1 amide bonds. The smallest absolute Gasteiger partial charge is 0.239 e. The first-order valence-electron chi connectivity index (χ1n) is 4.51. The summed E-state index contributed by atoms with van der Waals surface area (Å²) in [5.41, 5.74) is 0. The number of hydrogen-bond acceptors (Lipinski definition) is 2. The zero-order valence-corrected chi connectivity index (χ0v) is 8.50. The van der Waals surface area contributed by atoms with E-state index in [4.69, 9.17) is 5.84 Å². The maximum Gasteiger partial charge on any atom is 0.239 e. The molecule has 0 heterocycles. The van der Waals surface area contributed by atoms with E-state index in [9.17, 15) is 4.79 Å². The second kappa shape index (κ2) is 5.14. The van der Waals surface area contributed by atoms with E-state index in [-0.39, 0.29) is 11.8 Å². The second-order valence-electron chi connectivity index (χ2n) is 3.87. The average molecular weight is 172 g/mol. The van der Waals surface area contributed by atoms with Crippen molar-refractivity contribution in [3.63, 3.8) is 0 Å². The Hall–Kier alpha value is -0.570. The minimum atomic E-state index is 0.00200. The van der Waals surface area contributed by atoms with Crippen molar-refractivity contribution < 1.29 is 4.79 Å². The van der Waals surface area contributed by atoms with E-state index >= 15 is 0 Å². The maximum absolute atomic E-state index is 11.3. The molecule has 3 nitrogen and oxygen atoms in total. The van der Waals surface area contributed by atoms with Crippen LogP contribution in [0.15, 0.2) is 0 Å². The zero-order valence-electron chi connectivity index (χ0n) is 8.50. The van der Waals surface area contributed by atoms with Crippen LogP contribution >= 0.6 is 0 Å². The van der Waals surface area contributed by atoms with E-state index in [1.54, 1.807) is 0 Å². The molecule has 72 valence electrons. The number of carbonyl (C=O) groups is 1. The van der Waals surface area contributed by atoms with Crippen LogP contribution in [0.1, 0.15) is 34.1 Å². The summed E-state index contributed by atoms with van der Waals surface area (Å²) in [7, 11) is 0. The number of nitrogens with two attached hydrogens (primary N) is 1. The van der Waals surface area contributed by atoms with Crippen LogP contribution in [0.5, 0.6) is 0 Å². The lowest BCUT2D eigenvalue weighted by Crippen LogP contribution is -2.41. The minimum Gasteiger partial charge on any atom is -0.280 e. The van der Waals surface area contributed by atoms with Gasteiger partial charge in [-0.1, -0.05) is 27.7 Å². The Balaban J connectivity index is 3.72. The Kier molecular flexibility index (Phi) is 4.90. The summed E-state index contributed by atoms with van der Waals surface area (Å²) >= 11 is 0. The summed E-state index contributed by atoms with van der Waals surface area (Å²) in [6.45, 7) is 8.62. The highest BCUT2D eigenvalue weighted by Gasteiger charge is 2.13. The molecule has 0 saturated heterocycles. The van der Waals surface area contributed by atoms with Gasteiger partial charge in [-0.05, 0) is 12.3 Å². The molecular weight excluding hydrogens is 152 g/mol. The molecule has 0 atom stereocenters. The molecule has 0 aliphatic carbocycles. The van der Waals surface area contributed by atoms with Gasteiger partial charge in [0.25, 0.3) is 0 Å². The highest BCUT2D eigenvalue weighted by molar-refractivity contribution is 5.77. The van der Waals surface area contributed by atoms with Crippen LogP contribution < -0.4 is 5.84 Å². The summed E-state index contributed by atoms with van der Waals surface area (Å²) in [6, 6.07) is 0. The van der Waals surface area contributed by atoms with Gasteiger partial charge in [-0.25, -0.2) is 5.84 Å². The SMILES string of the molecule is CC(C)CCN(N)C(=O)C(C)C. The third-order valence-electron chi connectivity index (χ3n) is 1.72. The van der Waals surface area contributed by atoms with Crippen molar-refractivity contribution in [2.75, 3.05) is 6.54 Å². The largest absolute Gasteiger partial charge is 0.280 e. The molecule has 0 aliphatic rings. The normalized spacial score (nSPS) is 10.9. The maximum atomic E-state index is 11.3. The van der Waals surface area contributed by atoms with Gasteiger partial charge in [0.05, 0.1) is 0 Å². The van der Waals surface area contributed by atoms with Gasteiger partial charge in [-0.15, -0.1) is 0 Å². The molecule has 0 aliphatic heterocycles. The summed E-state index contributed by atoms with van der Waals surface area (Å²) in [5, 5.41) is 1.32. The van der Waals surface area contributed by atoms with Gasteiger partial charge >= 0.3 is 0 Å². The average Bonchev–Trinajstić information content (AvgIpc) is 1.98. The molecule has 3 heteroatoms. The number of rotatable bonds is 4. The van der Waals surface area contributed by atoms with Crippen molar-refractivity contribution >= 4 is 5.91 Å². The number of nitrogens with zero attached hydrogens (tertiary/aromatic N) is 1. The van der Waals surface area contributed by atoms with Crippen molar-refractivity contribution in [2.45, 2.75) is 34.1 Å². The Morgan fingerprint density at radius 3 is 2.17 bits per heavy atom. The van der Waals surface area contributed by atoms with E-state index in [0.717, 1.165) is 6.42 Å². The number of amides is 1. The molecular formula is C9H20N2O. The van der Waals surface area contributed by atoms with E-state index < -0.39 is 0 Å². The Morgan fingerprint density at radius 2 is 1.83 bits per heavy atom. The number of hydrazine groups is 1. The Bertz CT molecular complexity index is 143. The first-order chi connectivity index (χ1) is 5.45. The molecule has 0 rings (SSSR count). The topological polar surface area (TPSA) is 46.3 Å². The molecule has 0 radical (unpaired) electrons. The molecule has 0 aromatic carbocycles. The lowest BCUT2D eigenvalue weighted by molar-refractivity contribution is -0.134. The highest BCUT2D eigenvalue weighted by atomic mass is 16.2. The van der Waals surface area contributed by atoms with Crippen molar-refractivity contribution in [3.8, 4) is 0 Å². The molecule has 2 N–H and O–H groups in total. The summed E-state index contributed by atoms with van der Waals surface area (Å²) < 4.78 is 0. The van der Waals surface area contributed by atoms with Crippen LogP contribution in [0.25, 0.3) is 0 Å². The van der Waals surface area contributed by atoms with Gasteiger partial charge in [-0.3, -0.25) is 9.80 Å². The van der Waals surface area contributed by atoms with Crippen molar-refractivity contribution in [1.29, 1.82) is 0 Å². The molecule has 0 unspecified atom stereocenters. The van der Waals surface area contributed by atoms with Crippen molar-refractivity contribution in [1.82, 2.24) is 5.01 Å². The lowest BCUT2D eigenvalue weighted by atomic mass is 10.1. The predicted octanol–water partition coefficient (Wildman–Crippen LogP) is 1.39. The van der Waals surface area contributed by atoms with Crippen LogP contribution in [0, 0.1) is 11.8 Å². The standard InChI is InChI=1S/C9H20N2O/c1-7(2)5-6-11(10)9(12)8(3)4/h7-8H,5-6,10H2,1-4H3. The Morgan fingerprint density at radius 1 is 1.33 bits per heavy atom. The quantitative estimate of drug-likeness (QED) is 0.396. The third kappa shape index (κ3) is 4.34. The van der Waals surface area contributed by atoms with E-state index in [1.807, 2.05) is 13.8 Å². The van der Waals surface area contributed by atoms with Crippen LogP contribution in [0.4, 0.5) is 0 Å². The number of carbonyl (C=O) groups excluding carboxylic acids is 1. The lowest BCUT2D eigenvalue weighted by Gasteiger charge is -2.19. The molecule has 0 saturated carbocycles. The highest BCUT2D eigenvalue weighted by Crippen LogP contribution is 2.02. The summed E-state index contributed by atoms with van der Waals surface area (Å²) in [4.78, 5) is 11.3. The molecule has 12 heavy (non-hydrogen) atoms. The molecule has 0 spiro atoms. The molecule has 0 aromatic rings. The van der Waals surface area contributed by atoms with Crippen LogP contribution in [0.3, 0.4) is 0 Å². The van der Waals surface area contributed by atoms with Gasteiger partial charge in [-0.2, -0.15) is 0 Å². The van der Waals surface area contributed by atoms with Gasteiger partial charge in [0.1, 0.15) is 0 Å². The summed E-state index contributed by atoms with van der Waals surface area (Å²) in [6.07, 6.45) is 0.967. The van der Waals surface area contributed by atoms with Gasteiger partial charge in [0, 0.05) is 12.5 Å². The van der Waals surface area contributed by atoms with E-state index in [2.05, 4.69) is 13.8 Å². The van der Waals surface area contributed by atoms with Crippen molar-refractivity contribution in [3.05, 3.63) is 0 Å². The molecule has 0 bridgehead atoms. The fourth-order valence-corrected chi connectivity index (χ4v) is 0.839. The molecule has 0 fully saturated rings. The first-order valence-corrected chi connectivity index (χ1v) is 4.51. The van der Waals surface area contributed by atoms with E-state index in [1.165, 1.54) is 5.01 Å². The van der Waals surface area contributed by atoms with E-state index in [0.29, 0.717) is 12.5 Å². The number of hydrogen-bond donors (Lipinski definition) is 1. The molecule has 0 aromatic heterocycles. The van der Waals surface area contributed by atoms with Crippen LogP contribution in [-0.2, 0) is 4.79 Å². The first kappa shape index (κ1) is 11.4. The van der Waals surface area contributed by atoms with Gasteiger partial charge in [0.2, 0.25) is 5.91 Å². The van der Waals surface area contributed by atoms with Gasteiger partial charge < -0.3 is 0 Å². The fourth-order valence-electron chi connectivity index (χ4n) is 0.839. The fraction of sp³-hybridized carbons (Fsp3) is 0.889. The summed E-state index contributed by atoms with van der Waals surface area (Å²) in [5.74, 6) is 6.17. The third-order valence-corrected chi connectivity index (χ3v) is 1.72. The van der Waals surface area contributed by atoms with Crippen LogP contribution in [-0.4, -0.2) is 17.5 Å². The minimum absolute atomic E-state index is 0.00200. The zero-order chi connectivity index (χ0) is 9.72.